The van der Waals surface area contributed by atoms with Gasteiger partial charge in [-0.3, -0.25) is 4.79 Å². The van der Waals surface area contributed by atoms with Crippen molar-refractivity contribution in [1.82, 2.24) is 4.90 Å². The zero-order valence-corrected chi connectivity index (χ0v) is 13.8. The largest absolute Gasteiger partial charge is 0.478 e. The number of amides is 1. The van der Waals surface area contributed by atoms with Gasteiger partial charge in [-0.25, -0.2) is 4.79 Å². The summed E-state index contributed by atoms with van der Waals surface area (Å²) in [5.74, 6) is -0.664. The van der Waals surface area contributed by atoms with Gasteiger partial charge in [-0.2, -0.15) is 0 Å². The number of likely N-dealkylation sites (tertiary alicyclic amines) is 1. The number of nitrogens with zero attached hydrogens (tertiary/aromatic N) is 1. The summed E-state index contributed by atoms with van der Waals surface area (Å²) in [7, 11) is 0. The average molecular weight is 319 g/mol. The van der Waals surface area contributed by atoms with Crippen LogP contribution in [0.5, 0.6) is 0 Å². The molecule has 5 nitrogen and oxygen atoms in total. The van der Waals surface area contributed by atoms with Crippen LogP contribution in [0.3, 0.4) is 0 Å². The Balaban J connectivity index is 1.69. The number of piperidine rings is 1. The molecular weight excluding hydrogens is 294 g/mol. The number of hydrogen-bond donors (Lipinski definition) is 1. The van der Waals surface area contributed by atoms with Gasteiger partial charge < -0.3 is 14.4 Å². The van der Waals surface area contributed by atoms with Crippen LogP contribution < -0.4 is 0 Å². The van der Waals surface area contributed by atoms with Crippen molar-refractivity contribution in [2.24, 2.45) is 5.41 Å². The first-order valence-corrected chi connectivity index (χ1v) is 8.70. The molecule has 1 saturated carbocycles. The van der Waals surface area contributed by atoms with Crippen LogP contribution in [0, 0.1) is 5.41 Å². The molecule has 2 heterocycles. The van der Waals surface area contributed by atoms with Crippen LogP contribution in [-0.2, 0) is 6.42 Å². The zero-order chi connectivity index (χ0) is 16.4. The molecule has 5 heteroatoms. The molecule has 1 aliphatic carbocycles. The van der Waals surface area contributed by atoms with Crippen molar-refractivity contribution in [3.63, 3.8) is 0 Å². The SMILES string of the molecule is CCc1oc(C(=O)N2CCC3(CCCCC3)CC2)cc1C(=O)O. The minimum Gasteiger partial charge on any atom is -0.478 e. The molecule has 1 aliphatic heterocycles. The number of furan rings is 1. The van der Waals surface area contributed by atoms with Gasteiger partial charge in [-0.1, -0.05) is 26.2 Å². The lowest BCUT2D eigenvalue weighted by atomic mass is 9.68. The van der Waals surface area contributed by atoms with E-state index in [1.165, 1.54) is 38.2 Å². The van der Waals surface area contributed by atoms with Crippen LogP contribution in [0.1, 0.15) is 78.5 Å². The molecule has 1 N–H and O–H groups in total. The van der Waals surface area contributed by atoms with E-state index < -0.39 is 5.97 Å². The summed E-state index contributed by atoms with van der Waals surface area (Å²) in [6.07, 6.45) is 9.14. The van der Waals surface area contributed by atoms with E-state index in [1.807, 2.05) is 11.8 Å². The molecule has 1 aromatic rings. The fourth-order valence-electron chi connectivity index (χ4n) is 4.12. The normalized spacial score (nSPS) is 20.7. The first-order valence-electron chi connectivity index (χ1n) is 8.70. The number of carbonyl (C=O) groups excluding carboxylic acids is 1. The summed E-state index contributed by atoms with van der Waals surface area (Å²) in [4.78, 5) is 25.6. The number of rotatable bonds is 3. The minimum absolute atomic E-state index is 0.108. The van der Waals surface area contributed by atoms with Crippen molar-refractivity contribution < 1.29 is 19.1 Å². The van der Waals surface area contributed by atoms with Gasteiger partial charge in [0.15, 0.2) is 5.76 Å². The maximum absolute atomic E-state index is 12.6. The number of aromatic carboxylic acids is 1. The standard InChI is InChI=1S/C18H25NO4/c1-2-14-13(17(21)22)12-15(23-14)16(20)19-10-8-18(9-11-19)6-4-3-5-7-18/h12H,2-11H2,1H3,(H,21,22). The number of carboxylic acid groups (broad SMARTS) is 1. The van der Waals surface area contributed by atoms with Gasteiger partial charge in [0.2, 0.25) is 0 Å². The summed E-state index contributed by atoms with van der Waals surface area (Å²) < 4.78 is 5.51. The number of carbonyl (C=O) groups is 2. The van der Waals surface area contributed by atoms with Crippen molar-refractivity contribution in [1.29, 1.82) is 0 Å². The molecule has 1 amide bonds. The molecule has 2 fully saturated rings. The fraction of sp³-hybridized carbons (Fsp3) is 0.667. The molecular formula is C18H25NO4. The second-order valence-electron chi connectivity index (χ2n) is 6.96. The Kier molecular flexibility index (Phi) is 4.46. The molecule has 0 unspecified atom stereocenters. The lowest BCUT2D eigenvalue weighted by molar-refractivity contribution is 0.0445. The summed E-state index contributed by atoms with van der Waals surface area (Å²) >= 11 is 0. The van der Waals surface area contributed by atoms with Crippen LogP contribution in [0.15, 0.2) is 10.5 Å². The van der Waals surface area contributed by atoms with E-state index in [-0.39, 0.29) is 17.2 Å². The van der Waals surface area contributed by atoms with Crippen LogP contribution in [-0.4, -0.2) is 35.0 Å². The number of hydrogen-bond acceptors (Lipinski definition) is 3. The fourth-order valence-corrected chi connectivity index (χ4v) is 4.12. The molecule has 3 rings (SSSR count). The van der Waals surface area contributed by atoms with Crippen molar-refractivity contribution in [3.05, 3.63) is 23.2 Å². The van der Waals surface area contributed by atoms with Gasteiger partial charge in [0.05, 0.1) is 0 Å². The molecule has 126 valence electrons. The second kappa shape index (κ2) is 6.38. The molecule has 0 radical (unpaired) electrons. The highest BCUT2D eigenvalue weighted by molar-refractivity contribution is 5.96. The highest BCUT2D eigenvalue weighted by Gasteiger charge is 2.37. The van der Waals surface area contributed by atoms with E-state index in [0.29, 0.717) is 17.6 Å². The van der Waals surface area contributed by atoms with E-state index in [2.05, 4.69) is 0 Å². The van der Waals surface area contributed by atoms with Crippen molar-refractivity contribution in [3.8, 4) is 0 Å². The number of aryl methyl sites for hydroxylation is 1. The Morgan fingerprint density at radius 3 is 2.35 bits per heavy atom. The smallest absolute Gasteiger partial charge is 0.339 e. The van der Waals surface area contributed by atoms with Crippen LogP contribution >= 0.6 is 0 Å². The topological polar surface area (TPSA) is 70.8 Å². The lowest BCUT2D eigenvalue weighted by Crippen LogP contribution is -2.43. The van der Waals surface area contributed by atoms with Crippen molar-refractivity contribution in [2.45, 2.75) is 58.3 Å². The predicted molar refractivity (Wildman–Crippen MR) is 85.7 cm³/mol. The third-order valence-electron chi connectivity index (χ3n) is 5.60. The molecule has 1 aromatic heterocycles. The zero-order valence-electron chi connectivity index (χ0n) is 13.8. The molecule has 0 aromatic carbocycles. The third kappa shape index (κ3) is 3.14. The molecule has 1 spiro atoms. The Bertz CT molecular complexity index is 588. The van der Waals surface area contributed by atoms with Crippen molar-refractivity contribution in [2.75, 3.05) is 13.1 Å². The van der Waals surface area contributed by atoms with E-state index in [1.54, 1.807) is 0 Å². The maximum atomic E-state index is 12.6. The highest BCUT2D eigenvalue weighted by atomic mass is 16.4. The van der Waals surface area contributed by atoms with Gasteiger partial charge in [0.25, 0.3) is 5.91 Å². The van der Waals surface area contributed by atoms with Crippen LogP contribution in [0.2, 0.25) is 0 Å². The first-order chi connectivity index (χ1) is 11.0. The summed E-state index contributed by atoms with van der Waals surface area (Å²) in [6, 6.07) is 1.38. The molecule has 23 heavy (non-hydrogen) atoms. The van der Waals surface area contributed by atoms with Gasteiger partial charge in [-0.15, -0.1) is 0 Å². The number of carboxylic acids is 1. The monoisotopic (exact) mass is 319 g/mol. The Morgan fingerprint density at radius 2 is 1.83 bits per heavy atom. The lowest BCUT2D eigenvalue weighted by Gasteiger charge is -2.44. The van der Waals surface area contributed by atoms with Gasteiger partial charge in [0, 0.05) is 25.6 Å². The second-order valence-corrected chi connectivity index (χ2v) is 6.96. The first kappa shape index (κ1) is 16.1. The van der Waals surface area contributed by atoms with Gasteiger partial charge >= 0.3 is 5.97 Å². The predicted octanol–water partition coefficient (Wildman–Crippen LogP) is 3.73. The minimum atomic E-state index is -1.04. The Hall–Kier alpha value is -1.78. The van der Waals surface area contributed by atoms with Crippen molar-refractivity contribution >= 4 is 11.9 Å². The third-order valence-corrected chi connectivity index (χ3v) is 5.60. The van der Waals surface area contributed by atoms with E-state index >= 15 is 0 Å². The Labute approximate surface area is 136 Å². The van der Waals surface area contributed by atoms with Gasteiger partial charge in [0.1, 0.15) is 11.3 Å². The molecule has 1 saturated heterocycles. The van der Waals surface area contributed by atoms with Crippen LogP contribution in [0.4, 0.5) is 0 Å². The summed E-state index contributed by atoms with van der Waals surface area (Å²) in [5.41, 5.74) is 0.551. The molecule has 0 bridgehead atoms. The maximum Gasteiger partial charge on any atom is 0.339 e. The quantitative estimate of drug-likeness (QED) is 0.921. The van der Waals surface area contributed by atoms with Crippen LogP contribution in [0.25, 0.3) is 0 Å². The molecule has 0 atom stereocenters. The summed E-state index contributed by atoms with van der Waals surface area (Å²) in [6.45, 7) is 3.33. The summed E-state index contributed by atoms with van der Waals surface area (Å²) in [5, 5.41) is 9.18. The van der Waals surface area contributed by atoms with E-state index in [9.17, 15) is 14.7 Å². The molecule has 2 aliphatic rings. The average Bonchev–Trinajstić information content (AvgIpc) is 3.00. The van der Waals surface area contributed by atoms with E-state index in [4.69, 9.17) is 4.42 Å². The Morgan fingerprint density at radius 1 is 1.17 bits per heavy atom. The van der Waals surface area contributed by atoms with E-state index in [0.717, 1.165) is 25.9 Å². The highest BCUT2D eigenvalue weighted by Crippen LogP contribution is 2.44. The van der Waals surface area contributed by atoms with Gasteiger partial charge in [-0.05, 0) is 31.1 Å².